The normalized spacial score (nSPS) is 15.5. The van der Waals surface area contributed by atoms with E-state index in [1.807, 2.05) is 12.4 Å². The molecule has 5 rings (SSSR count). The molecule has 0 spiro atoms. The van der Waals surface area contributed by atoms with Crippen molar-refractivity contribution in [2.75, 3.05) is 19.6 Å². The lowest BCUT2D eigenvalue weighted by atomic mass is 10.2. The number of nitrogens with zero attached hydrogens (tertiary/aromatic N) is 5. The lowest BCUT2D eigenvalue weighted by molar-refractivity contribution is 0.588. The van der Waals surface area contributed by atoms with Crippen molar-refractivity contribution in [2.24, 2.45) is 4.99 Å². The third-order valence-electron chi connectivity index (χ3n) is 4.83. The molecule has 0 aliphatic carbocycles. The maximum absolute atomic E-state index is 4.80. The maximum atomic E-state index is 4.80. The monoisotopic (exact) mass is 419 g/mol. The molecule has 0 saturated carbocycles. The van der Waals surface area contributed by atoms with Crippen molar-refractivity contribution in [1.82, 2.24) is 30.0 Å². The summed E-state index contributed by atoms with van der Waals surface area (Å²) in [5.41, 5.74) is 4.29. The highest BCUT2D eigenvalue weighted by Crippen LogP contribution is 2.23. The standard InChI is InChI=1S/C19H21N7.2ClH/c1-3-14(18-21-6-7-22-18)11-15(4-1)25-10-8-23-19(25)17-12-16-13-20-5-2-9-26(16)24-17;;/h1,3-4,8,10-12,20H,2,5-7,9,13H2,(H,21,22);2*1H. The predicted octanol–water partition coefficient (Wildman–Crippen LogP) is 2.42. The Morgan fingerprint density at radius 2 is 2.00 bits per heavy atom. The minimum Gasteiger partial charge on any atom is -0.368 e. The topological polar surface area (TPSA) is 72.1 Å². The van der Waals surface area contributed by atoms with E-state index in [0.717, 1.165) is 67.7 Å². The Morgan fingerprint density at radius 3 is 2.86 bits per heavy atom. The predicted molar refractivity (Wildman–Crippen MR) is 115 cm³/mol. The average molecular weight is 420 g/mol. The van der Waals surface area contributed by atoms with Crippen LogP contribution >= 0.6 is 24.8 Å². The molecular formula is C19H23Cl2N7. The quantitative estimate of drug-likeness (QED) is 0.683. The van der Waals surface area contributed by atoms with Crippen molar-refractivity contribution in [1.29, 1.82) is 0 Å². The molecule has 0 bridgehead atoms. The average Bonchev–Trinajstić information content (AvgIpc) is 3.41. The zero-order valence-corrected chi connectivity index (χ0v) is 17.0. The third kappa shape index (κ3) is 3.78. The number of aliphatic imine (C=N–C) groups is 1. The number of amidine groups is 1. The molecule has 2 aliphatic rings. The number of fused-ring (bicyclic) bond motifs is 1. The number of rotatable bonds is 3. The van der Waals surface area contributed by atoms with Crippen LogP contribution in [0.1, 0.15) is 17.7 Å². The van der Waals surface area contributed by atoms with E-state index in [-0.39, 0.29) is 24.8 Å². The van der Waals surface area contributed by atoms with Crippen LogP contribution in [0.25, 0.3) is 17.2 Å². The third-order valence-corrected chi connectivity index (χ3v) is 4.83. The summed E-state index contributed by atoms with van der Waals surface area (Å²) < 4.78 is 4.19. The van der Waals surface area contributed by atoms with Gasteiger partial charge in [-0.25, -0.2) is 4.98 Å². The molecule has 3 aromatic rings. The highest BCUT2D eigenvalue weighted by molar-refractivity contribution is 6.00. The van der Waals surface area contributed by atoms with Gasteiger partial charge in [-0.2, -0.15) is 5.10 Å². The lowest BCUT2D eigenvalue weighted by Gasteiger charge is -2.09. The summed E-state index contributed by atoms with van der Waals surface area (Å²) in [7, 11) is 0. The Morgan fingerprint density at radius 1 is 1.07 bits per heavy atom. The molecule has 28 heavy (non-hydrogen) atoms. The molecule has 2 aromatic heterocycles. The fourth-order valence-corrected chi connectivity index (χ4v) is 3.57. The Kier molecular flexibility index (Phi) is 6.39. The number of benzene rings is 1. The number of hydrogen-bond donors (Lipinski definition) is 2. The van der Waals surface area contributed by atoms with Crippen LogP contribution in [0.4, 0.5) is 0 Å². The summed E-state index contributed by atoms with van der Waals surface area (Å²) in [5, 5.41) is 11.6. The van der Waals surface area contributed by atoms with Gasteiger partial charge in [0.05, 0.1) is 12.2 Å². The first kappa shape index (κ1) is 20.4. The molecule has 0 amide bonds. The van der Waals surface area contributed by atoms with E-state index in [2.05, 4.69) is 60.2 Å². The molecular weight excluding hydrogens is 397 g/mol. The number of aromatic nitrogens is 4. The van der Waals surface area contributed by atoms with Gasteiger partial charge in [0.2, 0.25) is 0 Å². The van der Waals surface area contributed by atoms with Crippen LogP contribution in [0.2, 0.25) is 0 Å². The first-order chi connectivity index (χ1) is 12.9. The summed E-state index contributed by atoms with van der Waals surface area (Å²) in [6.07, 6.45) is 4.91. The molecule has 0 saturated heterocycles. The van der Waals surface area contributed by atoms with Crippen molar-refractivity contribution in [3.63, 3.8) is 0 Å². The Bertz CT molecular complexity index is 953. The molecule has 1 aromatic carbocycles. The molecule has 0 fully saturated rings. The van der Waals surface area contributed by atoms with Crippen LogP contribution in [0.3, 0.4) is 0 Å². The van der Waals surface area contributed by atoms with Crippen LogP contribution in [0.15, 0.2) is 47.7 Å². The summed E-state index contributed by atoms with van der Waals surface area (Å²) >= 11 is 0. The van der Waals surface area contributed by atoms with Crippen molar-refractivity contribution in [3.8, 4) is 17.2 Å². The van der Waals surface area contributed by atoms with E-state index in [4.69, 9.17) is 5.10 Å². The number of nitrogens with one attached hydrogen (secondary N) is 2. The molecule has 0 unspecified atom stereocenters. The molecule has 4 heterocycles. The fourth-order valence-electron chi connectivity index (χ4n) is 3.57. The Hall–Kier alpha value is -2.35. The second-order valence-corrected chi connectivity index (χ2v) is 6.60. The van der Waals surface area contributed by atoms with E-state index in [9.17, 15) is 0 Å². The first-order valence-corrected chi connectivity index (χ1v) is 9.09. The number of imidazole rings is 1. The van der Waals surface area contributed by atoms with Crippen LogP contribution in [0.5, 0.6) is 0 Å². The number of aryl methyl sites for hydroxylation is 1. The van der Waals surface area contributed by atoms with E-state index >= 15 is 0 Å². The van der Waals surface area contributed by atoms with Gasteiger partial charge in [-0.05, 0) is 31.2 Å². The summed E-state index contributed by atoms with van der Waals surface area (Å²) in [6.45, 7) is 4.59. The maximum Gasteiger partial charge on any atom is 0.165 e. The van der Waals surface area contributed by atoms with Gasteiger partial charge in [-0.3, -0.25) is 14.2 Å². The van der Waals surface area contributed by atoms with Crippen LogP contribution in [-0.4, -0.2) is 44.8 Å². The van der Waals surface area contributed by atoms with Gasteiger partial charge in [0.25, 0.3) is 0 Å². The zero-order valence-electron chi connectivity index (χ0n) is 15.3. The van der Waals surface area contributed by atoms with Crippen molar-refractivity contribution in [2.45, 2.75) is 19.5 Å². The highest BCUT2D eigenvalue weighted by atomic mass is 35.5. The van der Waals surface area contributed by atoms with Gasteiger partial charge in [-0.15, -0.1) is 24.8 Å². The Balaban J connectivity index is 0.00000112. The molecule has 7 nitrogen and oxygen atoms in total. The van der Waals surface area contributed by atoms with Crippen molar-refractivity contribution in [3.05, 3.63) is 54.0 Å². The van der Waals surface area contributed by atoms with Crippen LogP contribution in [0, 0.1) is 0 Å². The SMILES string of the molecule is Cl.Cl.c1cc(C2=NCCN2)cc(-n2ccnc2-c2cc3n(n2)CCCNC3)c1. The van der Waals surface area contributed by atoms with Crippen LogP contribution < -0.4 is 10.6 Å². The van der Waals surface area contributed by atoms with E-state index < -0.39 is 0 Å². The minimum absolute atomic E-state index is 0. The van der Waals surface area contributed by atoms with Crippen molar-refractivity contribution >= 4 is 30.6 Å². The van der Waals surface area contributed by atoms with Gasteiger partial charge < -0.3 is 10.6 Å². The van der Waals surface area contributed by atoms with Gasteiger partial charge in [-0.1, -0.05) is 12.1 Å². The molecule has 148 valence electrons. The van der Waals surface area contributed by atoms with Crippen molar-refractivity contribution < 1.29 is 0 Å². The first-order valence-electron chi connectivity index (χ1n) is 9.09. The molecule has 0 radical (unpaired) electrons. The number of hydrogen-bond acceptors (Lipinski definition) is 5. The minimum atomic E-state index is 0. The van der Waals surface area contributed by atoms with Gasteiger partial charge in [0, 0.05) is 43.3 Å². The summed E-state index contributed by atoms with van der Waals surface area (Å²) in [6, 6.07) is 10.5. The molecule has 0 atom stereocenters. The number of halogens is 2. The molecule has 2 N–H and O–H groups in total. The smallest absolute Gasteiger partial charge is 0.165 e. The fraction of sp³-hybridized carbons (Fsp3) is 0.316. The summed E-state index contributed by atoms with van der Waals surface area (Å²) in [4.78, 5) is 9.10. The van der Waals surface area contributed by atoms with Gasteiger partial charge >= 0.3 is 0 Å². The molecule has 9 heteroatoms. The summed E-state index contributed by atoms with van der Waals surface area (Å²) in [5.74, 6) is 1.83. The highest BCUT2D eigenvalue weighted by Gasteiger charge is 2.17. The zero-order chi connectivity index (χ0) is 17.3. The largest absolute Gasteiger partial charge is 0.368 e. The second kappa shape index (κ2) is 8.77. The second-order valence-electron chi connectivity index (χ2n) is 6.60. The van der Waals surface area contributed by atoms with E-state index in [0.29, 0.717) is 0 Å². The van der Waals surface area contributed by atoms with Gasteiger partial charge in [0.15, 0.2) is 5.82 Å². The van der Waals surface area contributed by atoms with E-state index in [1.54, 1.807) is 0 Å². The lowest BCUT2D eigenvalue weighted by Crippen LogP contribution is -2.19. The van der Waals surface area contributed by atoms with Crippen LogP contribution in [-0.2, 0) is 13.1 Å². The van der Waals surface area contributed by atoms with Gasteiger partial charge in [0.1, 0.15) is 11.5 Å². The molecule has 2 aliphatic heterocycles. The Labute approximate surface area is 176 Å². The van der Waals surface area contributed by atoms with E-state index in [1.165, 1.54) is 5.69 Å².